The van der Waals surface area contributed by atoms with Crippen LogP contribution in [0.25, 0.3) is 5.65 Å². The van der Waals surface area contributed by atoms with E-state index < -0.39 is 0 Å². The fourth-order valence-electron chi connectivity index (χ4n) is 3.54. The highest BCUT2D eigenvalue weighted by Gasteiger charge is 2.25. The fourth-order valence-corrected chi connectivity index (χ4v) is 3.54. The zero-order valence-electron chi connectivity index (χ0n) is 14.2. The van der Waals surface area contributed by atoms with Crippen molar-refractivity contribution >= 4 is 5.65 Å². The number of nitrogens with zero attached hydrogens (tertiary/aromatic N) is 4. The predicted molar refractivity (Wildman–Crippen MR) is 93.9 cm³/mol. The number of rotatable bonds is 4. The fraction of sp³-hybridized carbons (Fsp3) is 0.389. The van der Waals surface area contributed by atoms with Crippen LogP contribution in [-0.4, -0.2) is 44.7 Å². The van der Waals surface area contributed by atoms with Crippen molar-refractivity contribution in [3.63, 3.8) is 0 Å². The van der Waals surface area contributed by atoms with Crippen molar-refractivity contribution in [2.45, 2.75) is 25.3 Å². The summed E-state index contributed by atoms with van der Waals surface area (Å²) in [6, 6.07) is 7.57. The lowest BCUT2D eigenvalue weighted by molar-refractivity contribution is 0.194. The van der Waals surface area contributed by atoms with Gasteiger partial charge in [-0.15, -0.1) is 10.2 Å². The van der Waals surface area contributed by atoms with Crippen LogP contribution >= 0.6 is 0 Å². The molecule has 3 aromatic heterocycles. The number of likely N-dealkylation sites (tertiary alicyclic amines) is 1. The molecule has 25 heavy (non-hydrogen) atoms. The second-order valence-corrected chi connectivity index (χ2v) is 6.45. The minimum Gasteiger partial charge on any atom is -0.491 e. The first kappa shape index (κ1) is 15.8. The van der Waals surface area contributed by atoms with E-state index in [2.05, 4.69) is 24.5 Å². The van der Waals surface area contributed by atoms with E-state index in [9.17, 15) is 4.79 Å². The van der Waals surface area contributed by atoms with E-state index in [4.69, 9.17) is 4.74 Å². The molecule has 0 aromatic carbocycles. The van der Waals surface area contributed by atoms with Crippen molar-refractivity contribution in [3.05, 3.63) is 58.4 Å². The molecule has 3 aromatic rings. The van der Waals surface area contributed by atoms with E-state index in [1.807, 2.05) is 24.4 Å². The summed E-state index contributed by atoms with van der Waals surface area (Å²) in [6.07, 6.45) is 5.85. The van der Waals surface area contributed by atoms with Gasteiger partial charge in [-0.2, -0.15) is 0 Å². The van der Waals surface area contributed by atoms with E-state index in [0.29, 0.717) is 18.2 Å². The van der Waals surface area contributed by atoms with Gasteiger partial charge in [-0.25, -0.2) is 0 Å². The van der Waals surface area contributed by atoms with E-state index in [0.717, 1.165) is 43.1 Å². The summed E-state index contributed by atoms with van der Waals surface area (Å²) >= 11 is 0. The summed E-state index contributed by atoms with van der Waals surface area (Å²) in [5.41, 5.74) is 1.69. The zero-order valence-corrected chi connectivity index (χ0v) is 14.2. The normalized spacial score (nSPS) is 18.5. The summed E-state index contributed by atoms with van der Waals surface area (Å²) in [7, 11) is 1.50. The average molecular weight is 339 g/mol. The monoisotopic (exact) mass is 339 g/mol. The summed E-state index contributed by atoms with van der Waals surface area (Å²) in [4.78, 5) is 17.4. The van der Waals surface area contributed by atoms with Crippen molar-refractivity contribution in [1.29, 1.82) is 0 Å². The standard InChI is InChI=1S/C18H21N5O2/c1-25-16-10-19-14(9-15(16)24)12-22-7-4-5-13(11-22)18-21-20-17-6-2-3-8-23(17)18/h2-3,6,8-10,13H,4-5,7,11-12H2,1H3,(H,19,24)/t13-/m0/s1. The molecule has 4 heterocycles. The molecule has 4 rings (SSSR count). The van der Waals surface area contributed by atoms with Gasteiger partial charge in [-0.1, -0.05) is 6.07 Å². The molecule has 1 N–H and O–H groups in total. The highest BCUT2D eigenvalue weighted by molar-refractivity contribution is 5.37. The van der Waals surface area contributed by atoms with Crippen molar-refractivity contribution in [2.24, 2.45) is 0 Å². The van der Waals surface area contributed by atoms with Crippen LogP contribution in [0.4, 0.5) is 0 Å². The number of methoxy groups -OCH3 is 1. The zero-order chi connectivity index (χ0) is 17.2. The molecule has 0 spiro atoms. The Morgan fingerprint density at radius 3 is 3.12 bits per heavy atom. The van der Waals surface area contributed by atoms with Gasteiger partial charge in [0.05, 0.1) is 7.11 Å². The Morgan fingerprint density at radius 2 is 2.28 bits per heavy atom. The van der Waals surface area contributed by atoms with Gasteiger partial charge in [0.15, 0.2) is 11.4 Å². The highest BCUT2D eigenvalue weighted by atomic mass is 16.5. The number of hydrogen-bond acceptors (Lipinski definition) is 5. The molecule has 1 aliphatic heterocycles. The number of pyridine rings is 2. The van der Waals surface area contributed by atoms with Crippen molar-refractivity contribution < 1.29 is 4.74 Å². The van der Waals surface area contributed by atoms with E-state index >= 15 is 0 Å². The van der Waals surface area contributed by atoms with Gasteiger partial charge in [-0.05, 0) is 31.5 Å². The van der Waals surface area contributed by atoms with E-state index in [1.165, 1.54) is 7.11 Å². The van der Waals surface area contributed by atoms with Gasteiger partial charge < -0.3 is 9.72 Å². The Balaban J connectivity index is 1.51. The Labute approximate surface area is 145 Å². The molecule has 7 nitrogen and oxygen atoms in total. The molecular weight excluding hydrogens is 318 g/mol. The van der Waals surface area contributed by atoms with Crippen LogP contribution in [0.5, 0.6) is 5.75 Å². The molecule has 7 heteroatoms. The number of aromatic amines is 1. The number of nitrogens with one attached hydrogen (secondary N) is 1. The lowest BCUT2D eigenvalue weighted by Gasteiger charge is -2.31. The maximum Gasteiger partial charge on any atom is 0.223 e. The topological polar surface area (TPSA) is 75.5 Å². The predicted octanol–water partition coefficient (Wildman–Crippen LogP) is 1.81. The van der Waals surface area contributed by atoms with Gasteiger partial charge >= 0.3 is 0 Å². The first-order valence-corrected chi connectivity index (χ1v) is 8.52. The Kier molecular flexibility index (Phi) is 4.23. The molecule has 1 atom stereocenters. The minimum absolute atomic E-state index is 0.0896. The molecule has 0 amide bonds. The lowest BCUT2D eigenvalue weighted by Crippen LogP contribution is -2.35. The summed E-state index contributed by atoms with van der Waals surface area (Å²) < 4.78 is 7.09. The lowest BCUT2D eigenvalue weighted by atomic mass is 9.97. The van der Waals surface area contributed by atoms with E-state index in [-0.39, 0.29) is 5.43 Å². The van der Waals surface area contributed by atoms with Gasteiger partial charge in [0.1, 0.15) is 5.82 Å². The van der Waals surface area contributed by atoms with Crippen LogP contribution in [0.3, 0.4) is 0 Å². The molecular formula is C18H21N5O2. The second kappa shape index (κ2) is 6.68. The molecule has 0 radical (unpaired) electrons. The number of piperidine rings is 1. The number of ether oxygens (including phenoxy) is 1. The SMILES string of the molecule is COc1c[nH]c(CN2CCC[C@H](c3nnc4ccccn34)C2)cc1=O. The summed E-state index contributed by atoms with van der Waals surface area (Å²) in [6.45, 7) is 2.64. The van der Waals surface area contributed by atoms with E-state index in [1.54, 1.807) is 12.3 Å². The highest BCUT2D eigenvalue weighted by Crippen LogP contribution is 2.26. The van der Waals surface area contributed by atoms with Gasteiger partial charge in [0, 0.05) is 43.2 Å². The first-order valence-electron chi connectivity index (χ1n) is 8.52. The molecule has 0 aliphatic carbocycles. The molecule has 1 saturated heterocycles. The van der Waals surface area contributed by atoms with Crippen LogP contribution in [0.15, 0.2) is 41.5 Å². The molecule has 1 aliphatic rings. The van der Waals surface area contributed by atoms with Crippen LogP contribution < -0.4 is 10.2 Å². The van der Waals surface area contributed by atoms with Gasteiger partial charge in [-0.3, -0.25) is 14.1 Å². The Hall–Kier alpha value is -2.67. The maximum absolute atomic E-state index is 11.9. The smallest absolute Gasteiger partial charge is 0.223 e. The average Bonchev–Trinajstić information content (AvgIpc) is 3.06. The molecule has 0 unspecified atom stereocenters. The van der Waals surface area contributed by atoms with Crippen molar-refractivity contribution in [3.8, 4) is 5.75 Å². The molecule has 1 fully saturated rings. The Morgan fingerprint density at radius 1 is 1.36 bits per heavy atom. The summed E-state index contributed by atoms with van der Waals surface area (Å²) in [5.74, 6) is 1.70. The van der Waals surface area contributed by atoms with Crippen LogP contribution in [0.1, 0.15) is 30.3 Å². The Bertz CT molecular complexity index is 932. The van der Waals surface area contributed by atoms with Crippen molar-refractivity contribution in [1.82, 2.24) is 24.5 Å². The minimum atomic E-state index is -0.0896. The quantitative estimate of drug-likeness (QED) is 0.784. The van der Waals surface area contributed by atoms with Crippen LogP contribution in [-0.2, 0) is 6.54 Å². The molecule has 0 bridgehead atoms. The van der Waals surface area contributed by atoms with Crippen LogP contribution in [0, 0.1) is 0 Å². The number of aromatic nitrogens is 4. The maximum atomic E-state index is 11.9. The largest absolute Gasteiger partial charge is 0.491 e. The third-order valence-electron chi connectivity index (χ3n) is 4.76. The third kappa shape index (κ3) is 3.15. The van der Waals surface area contributed by atoms with Gasteiger partial charge in [0.25, 0.3) is 0 Å². The van der Waals surface area contributed by atoms with Gasteiger partial charge in [0.2, 0.25) is 5.43 Å². The number of H-pyrrole nitrogens is 1. The molecule has 0 saturated carbocycles. The molecule has 130 valence electrons. The van der Waals surface area contributed by atoms with Crippen molar-refractivity contribution in [2.75, 3.05) is 20.2 Å². The van der Waals surface area contributed by atoms with Crippen LogP contribution in [0.2, 0.25) is 0 Å². The second-order valence-electron chi connectivity index (χ2n) is 6.45. The first-order chi connectivity index (χ1) is 12.2. The number of hydrogen-bond donors (Lipinski definition) is 1. The number of fused-ring (bicyclic) bond motifs is 1. The third-order valence-corrected chi connectivity index (χ3v) is 4.76. The summed E-state index contributed by atoms with van der Waals surface area (Å²) in [5, 5.41) is 8.68.